The molecule has 0 aliphatic carbocycles. The number of hydrogen-bond acceptors (Lipinski definition) is 5. The summed E-state index contributed by atoms with van der Waals surface area (Å²) in [6.45, 7) is 1.98. The van der Waals surface area contributed by atoms with Gasteiger partial charge in [-0.1, -0.05) is 29.8 Å². The van der Waals surface area contributed by atoms with E-state index in [4.69, 9.17) is 4.74 Å². The summed E-state index contributed by atoms with van der Waals surface area (Å²) in [5, 5.41) is 2.69. The van der Waals surface area contributed by atoms with E-state index in [2.05, 4.69) is 5.32 Å². The van der Waals surface area contributed by atoms with Crippen molar-refractivity contribution < 1.29 is 22.7 Å². The zero-order valence-corrected chi connectivity index (χ0v) is 16.2. The largest absolute Gasteiger partial charge is 0.465 e. The van der Waals surface area contributed by atoms with Crippen LogP contribution < -0.4 is 9.62 Å². The fourth-order valence-electron chi connectivity index (χ4n) is 2.52. The SMILES string of the molecule is COC(=O)c1ccccc1N(CCNC(=O)c1ccc(C)cc1)S(C)(=O)=O. The van der Waals surface area contributed by atoms with Crippen molar-refractivity contribution in [3.63, 3.8) is 0 Å². The second-order valence-electron chi connectivity index (χ2n) is 5.97. The van der Waals surface area contributed by atoms with Crippen molar-refractivity contribution in [1.29, 1.82) is 0 Å². The Morgan fingerprint density at radius 1 is 1.07 bits per heavy atom. The highest BCUT2D eigenvalue weighted by Gasteiger charge is 2.23. The number of benzene rings is 2. The maximum atomic E-state index is 12.2. The van der Waals surface area contributed by atoms with Crippen LogP contribution in [0, 0.1) is 6.92 Å². The average Bonchev–Trinajstić information content (AvgIpc) is 2.64. The highest BCUT2D eigenvalue weighted by molar-refractivity contribution is 7.92. The van der Waals surface area contributed by atoms with Gasteiger partial charge in [-0.05, 0) is 31.2 Å². The molecule has 2 rings (SSSR count). The van der Waals surface area contributed by atoms with Gasteiger partial charge in [0.1, 0.15) is 0 Å². The number of ether oxygens (including phenoxy) is 1. The number of rotatable bonds is 7. The van der Waals surface area contributed by atoms with Crippen molar-refractivity contribution in [3.05, 3.63) is 65.2 Å². The summed E-state index contributed by atoms with van der Waals surface area (Å²) in [7, 11) is -2.45. The molecular formula is C19H22N2O5S. The van der Waals surface area contributed by atoms with E-state index in [9.17, 15) is 18.0 Å². The van der Waals surface area contributed by atoms with Crippen LogP contribution in [0.1, 0.15) is 26.3 Å². The molecule has 8 heteroatoms. The molecule has 0 unspecified atom stereocenters. The normalized spacial score (nSPS) is 10.9. The number of carbonyl (C=O) groups excluding carboxylic acids is 2. The van der Waals surface area contributed by atoms with Gasteiger partial charge < -0.3 is 10.1 Å². The molecule has 1 N–H and O–H groups in total. The molecule has 0 heterocycles. The maximum absolute atomic E-state index is 12.2. The van der Waals surface area contributed by atoms with Gasteiger partial charge >= 0.3 is 5.97 Å². The monoisotopic (exact) mass is 390 g/mol. The Labute approximate surface area is 159 Å². The molecular weight excluding hydrogens is 368 g/mol. The molecule has 27 heavy (non-hydrogen) atoms. The first-order valence-corrected chi connectivity index (χ1v) is 10.1. The predicted octanol–water partition coefficient (Wildman–Crippen LogP) is 1.98. The average molecular weight is 390 g/mol. The standard InChI is InChI=1S/C19H22N2O5S/c1-14-8-10-15(11-9-14)18(22)20-12-13-21(27(3,24)25)17-7-5-4-6-16(17)19(23)26-2/h4-11H,12-13H2,1-3H3,(H,20,22). The second kappa shape index (κ2) is 8.68. The Morgan fingerprint density at radius 3 is 2.30 bits per heavy atom. The number of esters is 1. The fourth-order valence-corrected chi connectivity index (χ4v) is 3.46. The van der Waals surface area contributed by atoms with Gasteiger partial charge in [-0.15, -0.1) is 0 Å². The lowest BCUT2D eigenvalue weighted by atomic mass is 10.1. The number of methoxy groups -OCH3 is 1. The first kappa shape index (κ1) is 20.4. The zero-order valence-electron chi connectivity index (χ0n) is 15.4. The molecule has 1 amide bonds. The summed E-state index contributed by atoms with van der Waals surface area (Å²) in [4.78, 5) is 24.1. The van der Waals surface area contributed by atoms with E-state index in [1.165, 1.54) is 19.2 Å². The molecule has 0 saturated carbocycles. The highest BCUT2D eigenvalue weighted by atomic mass is 32.2. The minimum Gasteiger partial charge on any atom is -0.465 e. The minimum absolute atomic E-state index is 0.0234. The van der Waals surface area contributed by atoms with Crippen LogP contribution in [0.5, 0.6) is 0 Å². The first-order chi connectivity index (χ1) is 12.7. The number of para-hydroxylation sites is 1. The third-order valence-electron chi connectivity index (χ3n) is 3.89. The Kier molecular flexibility index (Phi) is 6.57. The minimum atomic E-state index is -3.68. The van der Waals surface area contributed by atoms with Crippen LogP contribution in [0.25, 0.3) is 0 Å². The van der Waals surface area contributed by atoms with Gasteiger partial charge in [0.25, 0.3) is 5.91 Å². The molecule has 0 atom stereocenters. The summed E-state index contributed by atoms with van der Waals surface area (Å²) in [5.74, 6) is -0.937. The van der Waals surface area contributed by atoms with Crippen molar-refractivity contribution >= 4 is 27.6 Å². The van der Waals surface area contributed by atoms with Crippen molar-refractivity contribution in [1.82, 2.24) is 5.32 Å². The number of aryl methyl sites for hydroxylation is 1. The summed E-state index contributed by atoms with van der Waals surface area (Å²) >= 11 is 0. The zero-order chi connectivity index (χ0) is 20.0. The van der Waals surface area contributed by atoms with Gasteiger partial charge in [-0.25, -0.2) is 13.2 Å². The van der Waals surface area contributed by atoms with Crippen LogP contribution >= 0.6 is 0 Å². The van der Waals surface area contributed by atoms with Crippen LogP contribution in [0.2, 0.25) is 0 Å². The Bertz CT molecular complexity index is 923. The third-order valence-corrected chi connectivity index (χ3v) is 5.07. The number of amides is 1. The third kappa shape index (κ3) is 5.30. The Balaban J connectivity index is 2.16. The lowest BCUT2D eigenvalue weighted by Crippen LogP contribution is -2.39. The second-order valence-corrected chi connectivity index (χ2v) is 7.87. The van der Waals surface area contributed by atoms with E-state index >= 15 is 0 Å². The van der Waals surface area contributed by atoms with E-state index in [1.54, 1.807) is 24.3 Å². The van der Waals surface area contributed by atoms with Gasteiger partial charge in [0.2, 0.25) is 10.0 Å². The molecule has 7 nitrogen and oxygen atoms in total. The van der Waals surface area contributed by atoms with Crippen molar-refractivity contribution in [3.8, 4) is 0 Å². The summed E-state index contributed by atoms with van der Waals surface area (Å²) < 4.78 is 30.3. The van der Waals surface area contributed by atoms with Gasteiger partial charge in [0, 0.05) is 12.1 Å². The number of nitrogens with zero attached hydrogens (tertiary/aromatic N) is 1. The molecule has 0 bridgehead atoms. The lowest BCUT2D eigenvalue weighted by Gasteiger charge is -2.24. The van der Waals surface area contributed by atoms with Crippen LogP contribution in [0.15, 0.2) is 48.5 Å². The van der Waals surface area contributed by atoms with E-state index in [-0.39, 0.29) is 30.2 Å². The Hall–Kier alpha value is -2.87. The molecule has 0 aromatic heterocycles. The van der Waals surface area contributed by atoms with Crippen LogP contribution in [-0.2, 0) is 14.8 Å². The highest BCUT2D eigenvalue weighted by Crippen LogP contribution is 2.23. The first-order valence-electron chi connectivity index (χ1n) is 8.24. The number of hydrogen-bond donors (Lipinski definition) is 1. The van der Waals surface area contributed by atoms with Crippen molar-refractivity contribution in [2.75, 3.05) is 30.8 Å². The number of anilines is 1. The molecule has 0 aliphatic heterocycles. The molecule has 0 aliphatic rings. The van der Waals surface area contributed by atoms with E-state index < -0.39 is 16.0 Å². The van der Waals surface area contributed by atoms with Gasteiger partial charge in [0.05, 0.1) is 31.2 Å². The van der Waals surface area contributed by atoms with Gasteiger partial charge in [-0.2, -0.15) is 0 Å². The maximum Gasteiger partial charge on any atom is 0.340 e. The van der Waals surface area contributed by atoms with E-state index in [0.717, 1.165) is 16.1 Å². The molecule has 0 radical (unpaired) electrons. The van der Waals surface area contributed by atoms with Crippen molar-refractivity contribution in [2.24, 2.45) is 0 Å². The number of nitrogens with one attached hydrogen (secondary N) is 1. The molecule has 2 aromatic rings. The van der Waals surface area contributed by atoms with Crippen LogP contribution in [0.4, 0.5) is 5.69 Å². The lowest BCUT2D eigenvalue weighted by molar-refractivity contribution is 0.0601. The van der Waals surface area contributed by atoms with Crippen LogP contribution in [0.3, 0.4) is 0 Å². The molecule has 144 valence electrons. The summed E-state index contributed by atoms with van der Waals surface area (Å²) in [6.07, 6.45) is 1.04. The van der Waals surface area contributed by atoms with Gasteiger partial charge in [-0.3, -0.25) is 9.10 Å². The predicted molar refractivity (Wildman–Crippen MR) is 103 cm³/mol. The molecule has 2 aromatic carbocycles. The number of carbonyl (C=O) groups is 2. The molecule has 0 spiro atoms. The summed E-state index contributed by atoms with van der Waals surface area (Å²) in [6, 6.07) is 13.3. The number of sulfonamides is 1. The van der Waals surface area contributed by atoms with Crippen LogP contribution in [-0.4, -0.2) is 46.7 Å². The quantitative estimate of drug-likeness (QED) is 0.730. The smallest absolute Gasteiger partial charge is 0.340 e. The summed E-state index contributed by atoms with van der Waals surface area (Å²) in [5.41, 5.74) is 1.86. The topological polar surface area (TPSA) is 92.8 Å². The van der Waals surface area contributed by atoms with Crippen molar-refractivity contribution in [2.45, 2.75) is 6.92 Å². The molecule has 0 saturated heterocycles. The fraction of sp³-hybridized carbons (Fsp3) is 0.263. The van der Waals surface area contributed by atoms with E-state index in [1.807, 2.05) is 19.1 Å². The molecule has 0 fully saturated rings. The van der Waals surface area contributed by atoms with E-state index in [0.29, 0.717) is 5.56 Å². The van der Waals surface area contributed by atoms with Gasteiger partial charge in [0.15, 0.2) is 0 Å². The Morgan fingerprint density at radius 2 is 1.70 bits per heavy atom.